The van der Waals surface area contributed by atoms with Gasteiger partial charge < -0.3 is 9.80 Å². The molecule has 2 unspecified atom stereocenters. The first-order valence-electron chi connectivity index (χ1n) is 12.6. The quantitative estimate of drug-likeness (QED) is 0.581. The third-order valence-corrected chi connectivity index (χ3v) is 7.54. The molecule has 4 rings (SSSR count). The molecule has 8 heteroatoms. The molecule has 2 fully saturated rings. The number of amides is 2. The van der Waals surface area contributed by atoms with E-state index < -0.39 is 11.7 Å². The number of carbonyl (C=O) groups is 2. The van der Waals surface area contributed by atoms with Crippen LogP contribution in [0.25, 0.3) is 0 Å². The molecule has 0 radical (unpaired) electrons. The summed E-state index contributed by atoms with van der Waals surface area (Å²) in [5.41, 5.74) is 1.16. The second-order valence-corrected chi connectivity index (χ2v) is 10.0. The molecular weight excluding hydrogens is 467 g/mol. The van der Waals surface area contributed by atoms with Crippen LogP contribution in [-0.4, -0.2) is 65.3 Å². The molecule has 2 saturated heterocycles. The predicted molar refractivity (Wildman–Crippen MR) is 132 cm³/mol. The Morgan fingerprint density at radius 1 is 0.917 bits per heavy atom. The summed E-state index contributed by atoms with van der Waals surface area (Å²) in [6.45, 7) is 6.90. The fourth-order valence-corrected chi connectivity index (χ4v) is 5.51. The molecule has 2 aromatic rings. The van der Waals surface area contributed by atoms with Gasteiger partial charge in [0, 0.05) is 52.1 Å². The fraction of sp³-hybridized carbons (Fsp3) is 0.500. The van der Waals surface area contributed by atoms with Gasteiger partial charge >= 0.3 is 6.18 Å². The van der Waals surface area contributed by atoms with Crippen LogP contribution in [0.3, 0.4) is 0 Å². The molecule has 0 bridgehead atoms. The molecule has 5 nitrogen and oxygen atoms in total. The average Bonchev–Trinajstić information content (AvgIpc) is 2.85. The monoisotopic (exact) mass is 501 g/mol. The topological polar surface area (TPSA) is 43.9 Å². The molecule has 2 aliphatic rings. The Morgan fingerprint density at radius 3 is 2.08 bits per heavy atom. The summed E-state index contributed by atoms with van der Waals surface area (Å²) in [6, 6.07) is 15.0. The van der Waals surface area contributed by atoms with Crippen molar-refractivity contribution in [3.8, 4) is 0 Å². The number of alkyl halides is 3. The van der Waals surface area contributed by atoms with E-state index in [1.165, 1.54) is 0 Å². The molecule has 194 valence electrons. The van der Waals surface area contributed by atoms with Crippen LogP contribution in [0, 0.1) is 5.92 Å². The summed E-state index contributed by atoms with van der Waals surface area (Å²) in [4.78, 5) is 30.8. The number of hydrogen-bond acceptors (Lipinski definition) is 3. The van der Waals surface area contributed by atoms with Crippen molar-refractivity contribution in [2.24, 2.45) is 5.92 Å². The Balaban J connectivity index is 1.44. The standard InChI is InChI=1S/C28H34F3N3O2/c1-20-19-33(16-17-34(20)26(36)18-22-12-14-32(15-13-22)21(2)35)27(23-6-4-3-5-7-23)24-8-10-25(11-9-24)28(29,30)31/h3-11,20,22,27H,12-19H2,1-2H3. The van der Waals surface area contributed by atoms with Crippen molar-refractivity contribution < 1.29 is 22.8 Å². The maximum Gasteiger partial charge on any atom is 0.416 e. The van der Waals surface area contributed by atoms with Gasteiger partial charge in [0.25, 0.3) is 0 Å². The van der Waals surface area contributed by atoms with Crippen LogP contribution >= 0.6 is 0 Å². The second-order valence-electron chi connectivity index (χ2n) is 10.0. The smallest absolute Gasteiger partial charge is 0.343 e. The highest BCUT2D eigenvalue weighted by molar-refractivity contribution is 5.77. The first-order chi connectivity index (χ1) is 17.1. The number of piperazine rings is 1. The minimum atomic E-state index is -4.37. The Kier molecular flexibility index (Phi) is 8.03. The Hall–Kier alpha value is -2.87. The normalized spacial score (nSPS) is 20.9. The van der Waals surface area contributed by atoms with Gasteiger partial charge in [0.05, 0.1) is 11.6 Å². The maximum absolute atomic E-state index is 13.2. The Morgan fingerprint density at radius 2 is 1.53 bits per heavy atom. The van der Waals surface area contributed by atoms with Gasteiger partial charge in [0.15, 0.2) is 0 Å². The largest absolute Gasteiger partial charge is 0.416 e. The third-order valence-electron chi connectivity index (χ3n) is 7.54. The molecule has 0 aliphatic carbocycles. The molecular formula is C28H34F3N3O2. The van der Waals surface area contributed by atoms with Gasteiger partial charge in [-0.2, -0.15) is 13.2 Å². The van der Waals surface area contributed by atoms with Crippen molar-refractivity contribution in [2.45, 2.75) is 51.4 Å². The molecule has 2 heterocycles. The Bertz CT molecular complexity index is 1030. The molecule has 2 aromatic carbocycles. The van der Waals surface area contributed by atoms with Crippen LogP contribution in [0.15, 0.2) is 54.6 Å². The van der Waals surface area contributed by atoms with Gasteiger partial charge in [-0.05, 0) is 48.9 Å². The van der Waals surface area contributed by atoms with Gasteiger partial charge in [-0.25, -0.2) is 0 Å². The van der Waals surface area contributed by atoms with Crippen molar-refractivity contribution in [3.05, 3.63) is 71.3 Å². The van der Waals surface area contributed by atoms with Crippen LogP contribution in [0.5, 0.6) is 0 Å². The van der Waals surface area contributed by atoms with Crippen LogP contribution in [0.1, 0.15) is 55.8 Å². The van der Waals surface area contributed by atoms with Crippen LogP contribution in [0.4, 0.5) is 13.2 Å². The summed E-state index contributed by atoms with van der Waals surface area (Å²) in [6.07, 6.45) is -2.17. The number of benzene rings is 2. The van der Waals surface area contributed by atoms with E-state index in [1.54, 1.807) is 19.1 Å². The lowest BCUT2D eigenvalue weighted by molar-refractivity contribution is -0.138. The summed E-state index contributed by atoms with van der Waals surface area (Å²) in [5, 5.41) is 0. The van der Waals surface area contributed by atoms with Gasteiger partial charge in [0.1, 0.15) is 0 Å². The molecule has 36 heavy (non-hydrogen) atoms. The highest BCUT2D eigenvalue weighted by Gasteiger charge is 2.35. The number of carbonyl (C=O) groups excluding carboxylic acids is 2. The van der Waals surface area contributed by atoms with Crippen molar-refractivity contribution >= 4 is 11.8 Å². The SMILES string of the molecule is CC(=O)N1CCC(CC(=O)N2CCN(C(c3ccccc3)c3ccc(C(F)(F)F)cc3)CC2C)CC1. The molecule has 2 aliphatic heterocycles. The number of rotatable bonds is 5. The predicted octanol–water partition coefficient (Wildman–Crippen LogP) is 4.98. The van der Waals surface area contributed by atoms with Gasteiger partial charge in [-0.3, -0.25) is 14.5 Å². The van der Waals surface area contributed by atoms with E-state index in [2.05, 4.69) is 4.90 Å². The zero-order valence-corrected chi connectivity index (χ0v) is 20.9. The first kappa shape index (κ1) is 26.2. The molecule has 0 N–H and O–H groups in total. The number of hydrogen-bond donors (Lipinski definition) is 0. The Labute approximate surface area is 210 Å². The minimum Gasteiger partial charge on any atom is -0.343 e. The zero-order chi connectivity index (χ0) is 25.9. The van der Waals surface area contributed by atoms with Crippen LogP contribution in [-0.2, 0) is 15.8 Å². The maximum atomic E-state index is 13.2. The van der Waals surface area contributed by atoms with E-state index in [4.69, 9.17) is 0 Å². The van der Waals surface area contributed by atoms with Gasteiger partial charge in [-0.1, -0.05) is 42.5 Å². The summed E-state index contributed by atoms with van der Waals surface area (Å²) < 4.78 is 39.4. The van der Waals surface area contributed by atoms with E-state index in [0.717, 1.165) is 36.1 Å². The van der Waals surface area contributed by atoms with E-state index in [0.29, 0.717) is 45.1 Å². The van der Waals surface area contributed by atoms with Crippen LogP contribution in [0.2, 0.25) is 0 Å². The van der Waals surface area contributed by atoms with Crippen molar-refractivity contribution in [2.75, 3.05) is 32.7 Å². The molecule has 0 aromatic heterocycles. The van der Waals surface area contributed by atoms with E-state index in [1.807, 2.05) is 47.1 Å². The summed E-state index contributed by atoms with van der Waals surface area (Å²) in [7, 11) is 0. The van der Waals surface area contributed by atoms with Gasteiger partial charge in [-0.15, -0.1) is 0 Å². The lowest BCUT2D eigenvalue weighted by Crippen LogP contribution is -2.55. The number of nitrogens with zero attached hydrogens (tertiary/aromatic N) is 3. The van der Waals surface area contributed by atoms with Crippen molar-refractivity contribution in [1.29, 1.82) is 0 Å². The number of halogens is 3. The number of likely N-dealkylation sites (tertiary alicyclic amines) is 1. The van der Waals surface area contributed by atoms with E-state index >= 15 is 0 Å². The minimum absolute atomic E-state index is 0.00998. The highest BCUT2D eigenvalue weighted by atomic mass is 19.4. The summed E-state index contributed by atoms with van der Waals surface area (Å²) >= 11 is 0. The van der Waals surface area contributed by atoms with Crippen LogP contribution < -0.4 is 0 Å². The highest BCUT2D eigenvalue weighted by Crippen LogP contribution is 2.34. The lowest BCUT2D eigenvalue weighted by Gasteiger charge is -2.44. The molecule has 2 atom stereocenters. The van der Waals surface area contributed by atoms with E-state index in [9.17, 15) is 22.8 Å². The zero-order valence-electron chi connectivity index (χ0n) is 20.9. The molecule has 2 amide bonds. The molecule has 0 saturated carbocycles. The fourth-order valence-electron chi connectivity index (χ4n) is 5.51. The third kappa shape index (κ3) is 6.09. The summed E-state index contributed by atoms with van der Waals surface area (Å²) in [5.74, 6) is 0.530. The van der Waals surface area contributed by atoms with Crippen molar-refractivity contribution in [1.82, 2.24) is 14.7 Å². The lowest BCUT2D eigenvalue weighted by atomic mass is 9.92. The average molecular weight is 502 g/mol. The second kappa shape index (κ2) is 11.0. The number of piperidine rings is 1. The first-order valence-corrected chi connectivity index (χ1v) is 12.6. The molecule has 0 spiro atoms. The van der Waals surface area contributed by atoms with Gasteiger partial charge in [0.2, 0.25) is 11.8 Å². The van der Waals surface area contributed by atoms with E-state index in [-0.39, 0.29) is 23.9 Å². The van der Waals surface area contributed by atoms with Crippen molar-refractivity contribution in [3.63, 3.8) is 0 Å².